The maximum absolute atomic E-state index is 11.8. The summed E-state index contributed by atoms with van der Waals surface area (Å²) in [6, 6.07) is 9.07. The van der Waals surface area contributed by atoms with Crippen molar-refractivity contribution in [1.82, 2.24) is 5.16 Å². The van der Waals surface area contributed by atoms with Gasteiger partial charge in [-0.15, -0.1) is 0 Å². The van der Waals surface area contributed by atoms with Crippen LogP contribution in [0.2, 0.25) is 0 Å². The minimum atomic E-state index is -0.442. The van der Waals surface area contributed by atoms with Crippen LogP contribution in [0.25, 0.3) is 21.7 Å². The van der Waals surface area contributed by atoms with Crippen LogP contribution in [0.15, 0.2) is 46.2 Å². The number of rotatable bonds is 4. The highest BCUT2D eigenvalue weighted by Crippen LogP contribution is 2.25. The van der Waals surface area contributed by atoms with Gasteiger partial charge in [0.25, 0.3) is 0 Å². The van der Waals surface area contributed by atoms with Crippen molar-refractivity contribution in [3.05, 3.63) is 47.0 Å². The molecular formula is C13H11N5O3. The number of cyclic esters (lactones) is 1. The molecule has 21 heavy (non-hydrogen) atoms. The Labute approximate surface area is 119 Å². The van der Waals surface area contributed by atoms with Crippen molar-refractivity contribution < 1.29 is 14.1 Å². The first-order valence-corrected chi connectivity index (χ1v) is 6.28. The van der Waals surface area contributed by atoms with Crippen molar-refractivity contribution in [2.24, 2.45) is 5.11 Å². The molecular weight excluding hydrogens is 274 g/mol. The van der Waals surface area contributed by atoms with Gasteiger partial charge in [0.1, 0.15) is 18.1 Å². The van der Waals surface area contributed by atoms with E-state index in [0.29, 0.717) is 6.54 Å². The molecule has 1 aromatic carbocycles. The van der Waals surface area contributed by atoms with Gasteiger partial charge >= 0.3 is 6.09 Å². The summed E-state index contributed by atoms with van der Waals surface area (Å²) in [7, 11) is 0. The van der Waals surface area contributed by atoms with Gasteiger partial charge in [0.05, 0.1) is 13.1 Å². The van der Waals surface area contributed by atoms with E-state index in [1.807, 2.05) is 12.1 Å². The summed E-state index contributed by atoms with van der Waals surface area (Å²) >= 11 is 0. The lowest BCUT2D eigenvalue weighted by Gasteiger charge is -2.12. The van der Waals surface area contributed by atoms with Crippen molar-refractivity contribution in [2.45, 2.75) is 6.10 Å². The highest BCUT2D eigenvalue weighted by atomic mass is 16.6. The minimum Gasteiger partial charge on any atom is -0.444 e. The van der Waals surface area contributed by atoms with Crippen molar-refractivity contribution in [3.63, 3.8) is 0 Å². The molecule has 106 valence electrons. The summed E-state index contributed by atoms with van der Waals surface area (Å²) in [6.07, 6.45) is 0.646. The summed E-state index contributed by atoms with van der Waals surface area (Å²) in [5.74, 6) is 0. The lowest BCUT2D eigenvalue weighted by atomic mass is 10.1. The molecule has 2 aromatic rings. The summed E-state index contributed by atoms with van der Waals surface area (Å²) in [6.45, 7) is 0.497. The molecule has 0 radical (unpaired) electrons. The van der Waals surface area contributed by atoms with Gasteiger partial charge in [-0.1, -0.05) is 22.4 Å². The number of hydrogen-bond acceptors (Lipinski definition) is 5. The van der Waals surface area contributed by atoms with E-state index in [0.717, 1.165) is 16.9 Å². The Bertz CT molecular complexity index is 676. The van der Waals surface area contributed by atoms with Gasteiger partial charge in [-0.05, 0) is 17.7 Å². The largest absolute Gasteiger partial charge is 0.444 e. The molecule has 1 aliphatic rings. The van der Waals surface area contributed by atoms with E-state index in [1.165, 1.54) is 11.2 Å². The van der Waals surface area contributed by atoms with E-state index in [4.69, 9.17) is 14.8 Å². The number of carbonyl (C=O) groups is 1. The molecule has 0 spiro atoms. The third-order valence-electron chi connectivity index (χ3n) is 3.14. The molecule has 0 aliphatic carbocycles. The van der Waals surface area contributed by atoms with Crippen molar-refractivity contribution >= 4 is 11.8 Å². The Morgan fingerprint density at radius 1 is 1.38 bits per heavy atom. The van der Waals surface area contributed by atoms with Crippen LogP contribution in [0.5, 0.6) is 0 Å². The van der Waals surface area contributed by atoms with Crippen LogP contribution in [0.3, 0.4) is 0 Å². The fraction of sp³-hybridized carbons (Fsp3) is 0.231. The number of aromatic nitrogens is 1. The standard InChI is InChI=1S/C13H11N5O3/c14-17-15-7-11-8-18(13(19)21-11)10-3-1-9(2-4-10)12-5-6-20-16-12/h1-6,11H,7-8H2. The average Bonchev–Trinajstić information content (AvgIpc) is 3.15. The number of nitrogens with zero attached hydrogens (tertiary/aromatic N) is 5. The second-order valence-electron chi connectivity index (χ2n) is 4.46. The van der Waals surface area contributed by atoms with Gasteiger partial charge in [0, 0.05) is 22.2 Å². The highest BCUT2D eigenvalue weighted by Gasteiger charge is 2.31. The summed E-state index contributed by atoms with van der Waals surface area (Å²) in [5.41, 5.74) is 10.6. The molecule has 1 unspecified atom stereocenters. The maximum atomic E-state index is 11.8. The Hall–Kier alpha value is -2.99. The summed E-state index contributed by atoms with van der Waals surface area (Å²) in [5, 5.41) is 7.27. The van der Waals surface area contributed by atoms with Crippen molar-refractivity contribution in [2.75, 3.05) is 18.0 Å². The Balaban J connectivity index is 1.75. The van der Waals surface area contributed by atoms with Crippen LogP contribution in [0.4, 0.5) is 10.5 Å². The molecule has 1 amide bonds. The SMILES string of the molecule is [N-]=[N+]=NCC1CN(c2ccc(-c3ccon3)cc2)C(=O)O1. The van der Waals surface area contributed by atoms with E-state index in [9.17, 15) is 4.79 Å². The molecule has 3 rings (SSSR count). The van der Waals surface area contributed by atoms with E-state index < -0.39 is 12.2 Å². The van der Waals surface area contributed by atoms with E-state index in [1.54, 1.807) is 18.2 Å². The molecule has 1 fully saturated rings. The Kier molecular flexibility index (Phi) is 3.44. The van der Waals surface area contributed by atoms with Gasteiger partial charge < -0.3 is 9.26 Å². The quantitative estimate of drug-likeness (QED) is 0.489. The number of hydrogen-bond donors (Lipinski definition) is 0. The minimum absolute atomic E-state index is 0.135. The number of anilines is 1. The zero-order chi connectivity index (χ0) is 14.7. The molecule has 1 saturated heterocycles. The third kappa shape index (κ3) is 2.65. The fourth-order valence-corrected chi connectivity index (χ4v) is 2.13. The van der Waals surface area contributed by atoms with E-state index in [2.05, 4.69) is 15.2 Å². The zero-order valence-electron chi connectivity index (χ0n) is 10.9. The van der Waals surface area contributed by atoms with Gasteiger partial charge in [-0.25, -0.2) is 4.79 Å². The maximum Gasteiger partial charge on any atom is 0.414 e. The first-order chi connectivity index (χ1) is 10.3. The smallest absolute Gasteiger partial charge is 0.414 e. The molecule has 8 heteroatoms. The second kappa shape index (κ2) is 5.56. The molecule has 1 atom stereocenters. The van der Waals surface area contributed by atoms with E-state index >= 15 is 0 Å². The molecule has 2 heterocycles. The van der Waals surface area contributed by atoms with Gasteiger partial charge in [-0.3, -0.25) is 4.90 Å². The Morgan fingerprint density at radius 3 is 2.86 bits per heavy atom. The number of ether oxygens (including phenoxy) is 1. The van der Waals surface area contributed by atoms with Crippen LogP contribution in [-0.4, -0.2) is 30.4 Å². The number of benzene rings is 1. The molecule has 1 aromatic heterocycles. The predicted molar refractivity (Wildman–Crippen MR) is 73.6 cm³/mol. The molecule has 1 aliphatic heterocycles. The van der Waals surface area contributed by atoms with E-state index in [-0.39, 0.29) is 6.54 Å². The van der Waals surface area contributed by atoms with Gasteiger partial charge in [0.2, 0.25) is 0 Å². The van der Waals surface area contributed by atoms with Crippen LogP contribution >= 0.6 is 0 Å². The monoisotopic (exact) mass is 285 g/mol. The number of carbonyl (C=O) groups excluding carboxylic acids is 1. The zero-order valence-corrected chi connectivity index (χ0v) is 10.9. The average molecular weight is 285 g/mol. The molecule has 0 saturated carbocycles. The second-order valence-corrected chi connectivity index (χ2v) is 4.46. The lowest BCUT2D eigenvalue weighted by Crippen LogP contribution is -2.24. The first kappa shape index (κ1) is 13.0. The number of amides is 1. The van der Waals surface area contributed by atoms with Crippen LogP contribution in [-0.2, 0) is 4.74 Å². The molecule has 0 N–H and O–H groups in total. The summed E-state index contributed by atoms with van der Waals surface area (Å²) in [4.78, 5) is 16.0. The van der Waals surface area contributed by atoms with Crippen LogP contribution in [0, 0.1) is 0 Å². The molecule has 8 nitrogen and oxygen atoms in total. The van der Waals surface area contributed by atoms with Crippen molar-refractivity contribution in [3.8, 4) is 11.3 Å². The third-order valence-corrected chi connectivity index (χ3v) is 3.14. The van der Waals surface area contributed by atoms with Gasteiger partial charge in [0.15, 0.2) is 0 Å². The predicted octanol–water partition coefficient (Wildman–Crippen LogP) is 2.98. The fourth-order valence-electron chi connectivity index (χ4n) is 2.13. The highest BCUT2D eigenvalue weighted by molar-refractivity contribution is 5.90. The topological polar surface area (TPSA) is 104 Å². The lowest BCUT2D eigenvalue weighted by molar-refractivity contribution is 0.145. The van der Waals surface area contributed by atoms with Gasteiger partial charge in [-0.2, -0.15) is 0 Å². The number of azide groups is 1. The normalized spacial score (nSPS) is 17.4. The molecule has 0 bridgehead atoms. The van der Waals surface area contributed by atoms with Crippen molar-refractivity contribution in [1.29, 1.82) is 0 Å². The Morgan fingerprint density at radius 2 is 2.19 bits per heavy atom. The van der Waals surface area contributed by atoms with Crippen LogP contribution < -0.4 is 4.90 Å². The summed E-state index contributed by atoms with van der Waals surface area (Å²) < 4.78 is 9.92. The first-order valence-electron chi connectivity index (χ1n) is 6.28. The van der Waals surface area contributed by atoms with Crippen LogP contribution in [0.1, 0.15) is 0 Å².